The van der Waals surface area contributed by atoms with E-state index in [-0.39, 0.29) is 5.92 Å². The first-order chi connectivity index (χ1) is 13.8. The van der Waals surface area contributed by atoms with E-state index in [1.165, 1.54) is 31.2 Å². The molecule has 1 fully saturated rings. The van der Waals surface area contributed by atoms with Crippen molar-refractivity contribution in [3.63, 3.8) is 0 Å². The summed E-state index contributed by atoms with van der Waals surface area (Å²) >= 11 is 0. The largest absolute Gasteiger partial charge is 0.368 e. The Morgan fingerprint density at radius 1 is 0.893 bits per heavy atom. The minimum Gasteiger partial charge on any atom is -0.368 e. The molecule has 0 spiro atoms. The van der Waals surface area contributed by atoms with Gasteiger partial charge < -0.3 is 20.5 Å². The zero-order chi connectivity index (χ0) is 19.9. The summed E-state index contributed by atoms with van der Waals surface area (Å²) in [5, 5.41) is 17.3. The van der Waals surface area contributed by atoms with Crippen LogP contribution in [-0.4, -0.2) is 37.6 Å². The summed E-state index contributed by atoms with van der Waals surface area (Å²) in [4.78, 5) is 0. The van der Waals surface area contributed by atoms with Crippen LogP contribution in [0.5, 0.6) is 0 Å². The second-order valence-corrected chi connectivity index (χ2v) is 7.68. The van der Waals surface area contributed by atoms with Gasteiger partial charge in [-0.05, 0) is 31.2 Å². The summed E-state index contributed by atoms with van der Waals surface area (Å²) in [5.41, 5.74) is 1.27. The molecule has 0 aromatic heterocycles. The van der Waals surface area contributed by atoms with Crippen molar-refractivity contribution >= 4 is 0 Å². The molecule has 2 rings (SSSR count). The van der Waals surface area contributed by atoms with Gasteiger partial charge >= 0.3 is 0 Å². The maximum Gasteiger partial charge on any atom is 0.156 e. The standard InChI is InChI=1S/C24H38N2O2/c1-28-24(27)22-14-10-7-11-15-23(17-16-22)26-19-18-25-20-21-12-8-5-3-2-4-6-9-13-21/h2-6,8-9,12-13,22-27H,7,10-11,14-20H2,1H3. The lowest BCUT2D eigenvalue weighted by atomic mass is 9.95. The van der Waals surface area contributed by atoms with Crippen LogP contribution in [0.15, 0.2) is 54.6 Å². The highest BCUT2D eigenvalue weighted by Gasteiger charge is 2.21. The summed E-state index contributed by atoms with van der Waals surface area (Å²) in [6.45, 7) is 2.79. The fraction of sp³-hybridized carbons (Fsp3) is 0.583. The van der Waals surface area contributed by atoms with Crippen LogP contribution in [-0.2, 0) is 11.3 Å². The number of nitrogens with one attached hydrogen (secondary N) is 2. The third-order valence-corrected chi connectivity index (χ3v) is 5.51. The summed E-state index contributed by atoms with van der Waals surface area (Å²) in [6.07, 6.45) is 7.56. The van der Waals surface area contributed by atoms with Crippen LogP contribution in [0.2, 0.25) is 0 Å². The van der Waals surface area contributed by atoms with Gasteiger partial charge in [0.05, 0.1) is 0 Å². The van der Waals surface area contributed by atoms with Gasteiger partial charge in [-0.1, -0.05) is 73.9 Å². The molecule has 3 atom stereocenters. The third kappa shape index (κ3) is 9.65. The predicted octanol–water partition coefficient (Wildman–Crippen LogP) is 4.18. The van der Waals surface area contributed by atoms with E-state index in [1.807, 2.05) is 18.2 Å². The molecule has 156 valence electrons. The van der Waals surface area contributed by atoms with Gasteiger partial charge in [0, 0.05) is 38.7 Å². The summed E-state index contributed by atoms with van der Waals surface area (Å²) in [6, 6.07) is 19.2. The van der Waals surface area contributed by atoms with E-state index in [9.17, 15) is 5.11 Å². The van der Waals surface area contributed by atoms with Crippen LogP contribution in [0.4, 0.5) is 0 Å². The number of ether oxygens (including phenoxy) is 1. The minimum absolute atomic E-state index is 0.272. The van der Waals surface area contributed by atoms with E-state index in [2.05, 4.69) is 47.0 Å². The second-order valence-electron chi connectivity index (χ2n) is 7.68. The fourth-order valence-electron chi connectivity index (χ4n) is 3.81. The molecule has 1 aliphatic carbocycles. The van der Waals surface area contributed by atoms with Crippen molar-refractivity contribution in [2.24, 2.45) is 5.92 Å². The Bertz CT molecular complexity index is 555. The first kappa shape index (κ1) is 22.8. The number of hydrogen-bond acceptors (Lipinski definition) is 4. The highest BCUT2D eigenvalue weighted by molar-refractivity contribution is 5.11. The van der Waals surface area contributed by atoms with Gasteiger partial charge in [-0.25, -0.2) is 0 Å². The van der Waals surface area contributed by atoms with Crippen LogP contribution in [0, 0.1) is 5.92 Å². The lowest BCUT2D eigenvalue weighted by Crippen LogP contribution is -2.35. The SMILES string of the molecule is COC(O)C1CCCCCC(NCCNCc2ccccccccc2)CC1. The summed E-state index contributed by atoms with van der Waals surface area (Å²) in [7, 11) is 1.60. The van der Waals surface area contributed by atoms with Crippen molar-refractivity contribution in [2.75, 3.05) is 20.2 Å². The highest BCUT2D eigenvalue weighted by atomic mass is 16.6. The number of methoxy groups -OCH3 is 1. The monoisotopic (exact) mass is 386 g/mol. The van der Waals surface area contributed by atoms with Gasteiger partial charge in [-0.2, -0.15) is 0 Å². The average molecular weight is 387 g/mol. The molecule has 3 unspecified atom stereocenters. The van der Waals surface area contributed by atoms with E-state index in [0.717, 1.165) is 38.9 Å². The van der Waals surface area contributed by atoms with Crippen LogP contribution >= 0.6 is 0 Å². The maximum atomic E-state index is 10.0. The number of aliphatic hydroxyl groups is 1. The van der Waals surface area contributed by atoms with Gasteiger partial charge in [-0.3, -0.25) is 0 Å². The van der Waals surface area contributed by atoms with Crippen LogP contribution < -0.4 is 10.6 Å². The molecule has 0 aliphatic heterocycles. The molecule has 4 heteroatoms. The highest BCUT2D eigenvalue weighted by Crippen LogP contribution is 2.25. The van der Waals surface area contributed by atoms with Crippen molar-refractivity contribution in [1.29, 1.82) is 0 Å². The second kappa shape index (κ2) is 14.5. The lowest BCUT2D eigenvalue weighted by molar-refractivity contribution is -0.117. The topological polar surface area (TPSA) is 53.5 Å². The zero-order valence-electron chi connectivity index (χ0n) is 17.4. The Morgan fingerprint density at radius 3 is 2.29 bits per heavy atom. The normalized spacial score (nSPS) is 21.6. The zero-order valence-corrected chi connectivity index (χ0v) is 17.4. The maximum absolute atomic E-state index is 10.0. The molecular formula is C24H38N2O2. The van der Waals surface area contributed by atoms with Crippen LogP contribution in [0.3, 0.4) is 0 Å². The van der Waals surface area contributed by atoms with Gasteiger partial charge in [0.15, 0.2) is 6.29 Å². The van der Waals surface area contributed by atoms with Crippen molar-refractivity contribution in [3.05, 3.63) is 60.2 Å². The Morgan fingerprint density at radius 2 is 1.57 bits per heavy atom. The molecule has 0 heterocycles. The molecule has 3 N–H and O–H groups in total. The van der Waals surface area contributed by atoms with E-state index >= 15 is 0 Å². The molecular weight excluding hydrogens is 348 g/mol. The van der Waals surface area contributed by atoms with Crippen molar-refractivity contribution in [2.45, 2.75) is 63.8 Å². The third-order valence-electron chi connectivity index (χ3n) is 5.51. The van der Waals surface area contributed by atoms with Gasteiger partial charge in [0.2, 0.25) is 0 Å². The number of hydrogen-bond donors (Lipinski definition) is 3. The predicted molar refractivity (Wildman–Crippen MR) is 116 cm³/mol. The Labute approximate surface area is 171 Å². The van der Waals surface area contributed by atoms with Crippen molar-refractivity contribution < 1.29 is 9.84 Å². The molecule has 1 aliphatic rings. The minimum atomic E-state index is -0.613. The Balaban J connectivity index is 1.72. The average Bonchev–Trinajstić information content (AvgIpc) is 2.84. The first-order valence-corrected chi connectivity index (χ1v) is 10.8. The van der Waals surface area contributed by atoms with Gasteiger partial charge in [0.1, 0.15) is 0 Å². The molecule has 1 saturated carbocycles. The lowest BCUT2D eigenvalue weighted by Gasteiger charge is -2.23. The number of aliphatic hydroxyl groups excluding tert-OH is 1. The Kier molecular flexibility index (Phi) is 11.8. The molecule has 0 saturated heterocycles. The fourth-order valence-corrected chi connectivity index (χ4v) is 3.81. The van der Waals surface area contributed by atoms with Crippen LogP contribution in [0.25, 0.3) is 0 Å². The van der Waals surface area contributed by atoms with E-state index in [0.29, 0.717) is 6.04 Å². The molecule has 0 radical (unpaired) electrons. The molecule has 1 aromatic carbocycles. The van der Waals surface area contributed by atoms with Crippen molar-refractivity contribution in [3.8, 4) is 0 Å². The molecule has 4 nitrogen and oxygen atoms in total. The van der Waals surface area contributed by atoms with E-state index in [1.54, 1.807) is 7.11 Å². The quantitative estimate of drug-likeness (QED) is 0.463. The summed E-state index contributed by atoms with van der Waals surface area (Å²) in [5.74, 6) is 0.272. The summed E-state index contributed by atoms with van der Waals surface area (Å²) < 4.78 is 5.17. The van der Waals surface area contributed by atoms with E-state index < -0.39 is 6.29 Å². The molecule has 0 bridgehead atoms. The van der Waals surface area contributed by atoms with Crippen LogP contribution in [0.1, 0.15) is 50.5 Å². The van der Waals surface area contributed by atoms with E-state index in [4.69, 9.17) is 4.74 Å². The smallest absolute Gasteiger partial charge is 0.156 e. The first-order valence-electron chi connectivity index (χ1n) is 10.8. The Hall–Kier alpha value is -1.46. The molecule has 0 amide bonds. The van der Waals surface area contributed by atoms with Gasteiger partial charge in [0.25, 0.3) is 0 Å². The molecule has 1 aromatic rings. The van der Waals surface area contributed by atoms with Crippen molar-refractivity contribution in [1.82, 2.24) is 10.6 Å². The molecule has 28 heavy (non-hydrogen) atoms. The van der Waals surface area contributed by atoms with Gasteiger partial charge in [-0.15, -0.1) is 0 Å². The number of rotatable bonds is 8.